The summed E-state index contributed by atoms with van der Waals surface area (Å²) in [6.45, 7) is 1.11. The molecule has 1 unspecified atom stereocenters. The zero-order valence-corrected chi connectivity index (χ0v) is 15.9. The number of hydrogen-bond donors (Lipinski definition) is 3. The molecule has 1 aliphatic heterocycles. The molecule has 1 heterocycles. The summed E-state index contributed by atoms with van der Waals surface area (Å²) in [5.41, 5.74) is 4.57. The molecule has 0 saturated carbocycles. The number of halogens is 1. The van der Waals surface area contributed by atoms with Gasteiger partial charge < -0.3 is 5.32 Å². The fraction of sp³-hybridized carbons (Fsp3) is 0.273. The topological polar surface area (TPSA) is 63.0 Å². The van der Waals surface area contributed by atoms with Gasteiger partial charge in [-0.1, -0.05) is 48.0 Å². The van der Waals surface area contributed by atoms with Crippen molar-refractivity contribution < 1.29 is 0 Å². The Morgan fingerprint density at radius 2 is 1.93 bits per heavy atom. The molecule has 4 rings (SSSR count). The third-order valence-electron chi connectivity index (χ3n) is 5.34. The Balaban J connectivity index is 1.58. The molecule has 3 N–H and O–H groups in total. The minimum Gasteiger partial charge on any atom is -0.306 e. The van der Waals surface area contributed by atoms with Crippen molar-refractivity contribution in [1.82, 2.24) is 5.32 Å². The minimum absolute atomic E-state index is 0.124. The molecule has 2 aromatic rings. The molecule has 0 radical (unpaired) electrons. The first-order valence-corrected chi connectivity index (χ1v) is 9.71. The second-order valence-electron chi connectivity index (χ2n) is 7.11. The van der Waals surface area contributed by atoms with E-state index in [1.165, 1.54) is 11.1 Å². The molecule has 0 bridgehead atoms. The number of anilines is 1. The summed E-state index contributed by atoms with van der Waals surface area (Å²) in [6.07, 6.45) is 4.99. The van der Waals surface area contributed by atoms with Crippen LogP contribution in [0.4, 0.5) is 5.69 Å². The lowest BCUT2D eigenvalue weighted by atomic mass is 9.85. The number of fused-ring (bicyclic) bond motifs is 1. The number of benzene rings is 2. The van der Waals surface area contributed by atoms with E-state index in [9.17, 15) is 0 Å². The zero-order valence-electron chi connectivity index (χ0n) is 15.1. The van der Waals surface area contributed by atoms with Crippen LogP contribution in [-0.4, -0.2) is 18.2 Å². The van der Waals surface area contributed by atoms with E-state index in [1.807, 2.05) is 24.3 Å². The highest BCUT2D eigenvalue weighted by atomic mass is 35.5. The van der Waals surface area contributed by atoms with Crippen molar-refractivity contribution in [2.75, 3.05) is 11.4 Å². The summed E-state index contributed by atoms with van der Waals surface area (Å²) >= 11 is 6.16. The Morgan fingerprint density at radius 3 is 2.67 bits per heavy atom. The third-order valence-corrected chi connectivity index (χ3v) is 5.58. The van der Waals surface area contributed by atoms with E-state index in [2.05, 4.69) is 35.7 Å². The van der Waals surface area contributed by atoms with E-state index in [-0.39, 0.29) is 5.92 Å². The second-order valence-corrected chi connectivity index (χ2v) is 7.55. The molecule has 0 amide bonds. The maximum absolute atomic E-state index is 8.86. The predicted octanol–water partition coefficient (Wildman–Crippen LogP) is 5.09. The van der Waals surface area contributed by atoms with Crippen LogP contribution >= 0.6 is 11.6 Å². The number of allylic oxidation sites excluding steroid dienone is 2. The first kappa shape index (κ1) is 18.0. The van der Waals surface area contributed by atoms with E-state index in [0.29, 0.717) is 29.8 Å². The number of nitrogens with zero attached hydrogens (tertiary/aromatic N) is 1. The van der Waals surface area contributed by atoms with Crippen LogP contribution in [0.25, 0.3) is 5.57 Å². The van der Waals surface area contributed by atoms with Crippen molar-refractivity contribution >= 4 is 34.5 Å². The average Bonchev–Trinajstić information content (AvgIpc) is 2.86. The highest BCUT2D eigenvalue weighted by Crippen LogP contribution is 2.34. The molecule has 2 aromatic carbocycles. The van der Waals surface area contributed by atoms with Crippen LogP contribution in [0.3, 0.4) is 0 Å². The molecule has 5 heteroatoms. The van der Waals surface area contributed by atoms with Crippen LogP contribution in [0, 0.1) is 16.7 Å². The van der Waals surface area contributed by atoms with Crippen LogP contribution in [0.5, 0.6) is 0 Å². The molecular formula is C22H23ClN4. The average molecular weight is 379 g/mol. The van der Waals surface area contributed by atoms with Gasteiger partial charge in [-0.25, -0.2) is 0 Å². The summed E-state index contributed by atoms with van der Waals surface area (Å²) in [6, 6.07) is 16.2. The number of nitrogens with one attached hydrogen (secondary N) is 3. The van der Waals surface area contributed by atoms with Gasteiger partial charge in [0, 0.05) is 17.5 Å². The zero-order chi connectivity index (χ0) is 18.8. The molecule has 138 valence electrons. The van der Waals surface area contributed by atoms with Crippen LogP contribution in [0.2, 0.25) is 5.02 Å². The Morgan fingerprint density at radius 1 is 1.11 bits per heavy atom. The summed E-state index contributed by atoms with van der Waals surface area (Å²) in [7, 11) is 0. The Bertz CT molecular complexity index is 904. The number of rotatable bonds is 2. The maximum atomic E-state index is 8.86. The molecule has 0 spiro atoms. The molecule has 2 aliphatic rings. The van der Waals surface area contributed by atoms with Gasteiger partial charge in [0.05, 0.1) is 12.2 Å². The molecule has 0 fully saturated rings. The fourth-order valence-corrected chi connectivity index (χ4v) is 4.10. The standard InChI is InChI=1S/C22H23ClN4/c23-19-10-11-20-18(12-19)13-26-14-21(24)27(20)22(25)17-8-6-16(7-9-17)15-4-2-1-3-5-15/h1-6,10-12,17,24-26H,7-9,13-14H2. The third kappa shape index (κ3) is 3.68. The van der Waals surface area contributed by atoms with Gasteiger partial charge in [-0.2, -0.15) is 0 Å². The molecule has 27 heavy (non-hydrogen) atoms. The lowest BCUT2D eigenvalue weighted by molar-refractivity contribution is 0.617. The van der Waals surface area contributed by atoms with Gasteiger partial charge in [0.15, 0.2) is 0 Å². The highest BCUT2D eigenvalue weighted by Gasteiger charge is 2.29. The summed E-state index contributed by atoms with van der Waals surface area (Å²) in [5, 5.41) is 21.3. The monoisotopic (exact) mass is 378 g/mol. The van der Waals surface area contributed by atoms with Gasteiger partial charge in [-0.05, 0) is 54.2 Å². The minimum atomic E-state index is 0.124. The highest BCUT2D eigenvalue weighted by molar-refractivity contribution is 6.31. The molecule has 0 saturated heterocycles. The maximum Gasteiger partial charge on any atom is 0.120 e. The normalized spacial score (nSPS) is 19.9. The van der Waals surface area contributed by atoms with Gasteiger partial charge in [0.2, 0.25) is 0 Å². The van der Waals surface area contributed by atoms with Gasteiger partial charge in [-0.3, -0.25) is 15.7 Å². The fourth-order valence-electron chi connectivity index (χ4n) is 3.91. The molecule has 1 atom stereocenters. The molecule has 1 aliphatic carbocycles. The summed E-state index contributed by atoms with van der Waals surface area (Å²) < 4.78 is 0. The molecular weight excluding hydrogens is 356 g/mol. The van der Waals surface area contributed by atoms with Gasteiger partial charge >= 0.3 is 0 Å². The second kappa shape index (κ2) is 7.67. The van der Waals surface area contributed by atoms with E-state index in [4.69, 9.17) is 22.4 Å². The SMILES string of the molecule is N=C1CNCc2cc(Cl)ccc2N1C(=N)C1CC=C(c2ccccc2)CC1. The number of amidine groups is 2. The van der Waals surface area contributed by atoms with Gasteiger partial charge in [0.1, 0.15) is 11.7 Å². The molecule has 4 nitrogen and oxygen atoms in total. The van der Waals surface area contributed by atoms with Crippen LogP contribution in [-0.2, 0) is 6.54 Å². The number of hydrogen-bond acceptors (Lipinski definition) is 3. The van der Waals surface area contributed by atoms with E-state index >= 15 is 0 Å². The first-order valence-electron chi connectivity index (χ1n) is 9.33. The van der Waals surface area contributed by atoms with Crippen molar-refractivity contribution in [3.05, 3.63) is 70.8 Å². The summed E-state index contributed by atoms with van der Waals surface area (Å²) in [4.78, 5) is 1.80. The lowest BCUT2D eigenvalue weighted by Gasteiger charge is -2.32. The smallest absolute Gasteiger partial charge is 0.120 e. The Kier molecular flexibility index (Phi) is 5.10. The van der Waals surface area contributed by atoms with Crippen molar-refractivity contribution in [3.8, 4) is 0 Å². The Labute approximate surface area is 164 Å². The first-order chi connectivity index (χ1) is 13.1. The van der Waals surface area contributed by atoms with Crippen LogP contribution in [0.15, 0.2) is 54.6 Å². The van der Waals surface area contributed by atoms with Crippen molar-refractivity contribution in [3.63, 3.8) is 0 Å². The van der Waals surface area contributed by atoms with E-state index in [1.54, 1.807) is 4.90 Å². The van der Waals surface area contributed by atoms with E-state index in [0.717, 1.165) is 30.5 Å². The van der Waals surface area contributed by atoms with Gasteiger partial charge in [0.25, 0.3) is 0 Å². The van der Waals surface area contributed by atoms with Crippen LogP contribution < -0.4 is 10.2 Å². The summed E-state index contributed by atoms with van der Waals surface area (Å²) in [5.74, 6) is 1.05. The van der Waals surface area contributed by atoms with E-state index < -0.39 is 0 Å². The van der Waals surface area contributed by atoms with Crippen molar-refractivity contribution in [2.24, 2.45) is 5.92 Å². The predicted molar refractivity (Wildman–Crippen MR) is 113 cm³/mol. The van der Waals surface area contributed by atoms with Crippen molar-refractivity contribution in [1.29, 1.82) is 10.8 Å². The lowest BCUT2D eigenvalue weighted by Crippen LogP contribution is -2.43. The molecule has 0 aromatic heterocycles. The van der Waals surface area contributed by atoms with Gasteiger partial charge in [-0.15, -0.1) is 0 Å². The van der Waals surface area contributed by atoms with Crippen LogP contribution in [0.1, 0.15) is 30.4 Å². The Hall–Kier alpha value is -2.43. The quantitative estimate of drug-likeness (QED) is 0.503. The largest absolute Gasteiger partial charge is 0.306 e. The van der Waals surface area contributed by atoms with Crippen molar-refractivity contribution in [2.45, 2.75) is 25.8 Å².